The first kappa shape index (κ1) is 14.9. The number of hydrogen-bond donors (Lipinski definition) is 1. The van der Waals surface area contributed by atoms with Crippen molar-refractivity contribution in [3.8, 4) is 0 Å². The first-order valence-corrected chi connectivity index (χ1v) is 6.89. The van der Waals surface area contributed by atoms with Gasteiger partial charge in [-0.25, -0.2) is 4.98 Å². The van der Waals surface area contributed by atoms with Gasteiger partial charge in [0.15, 0.2) is 0 Å². The van der Waals surface area contributed by atoms with Crippen LogP contribution in [-0.2, 0) is 4.74 Å². The molecule has 7 nitrogen and oxygen atoms in total. The molecule has 1 N–H and O–H groups in total. The van der Waals surface area contributed by atoms with Crippen molar-refractivity contribution in [2.45, 2.75) is 32.7 Å². The highest BCUT2D eigenvalue weighted by molar-refractivity contribution is 6.28. The van der Waals surface area contributed by atoms with E-state index in [4.69, 9.17) is 16.3 Å². The van der Waals surface area contributed by atoms with Crippen molar-refractivity contribution in [2.75, 3.05) is 18.5 Å². The fraction of sp³-hybridized carbons (Fsp3) is 0.667. The summed E-state index contributed by atoms with van der Waals surface area (Å²) in [5, 5.41) is 14.3. The Kier molecular flexibility index (Phi) is 4.72. The number of nitrogens with zero attached hydrogens (tertiary/aromatic N) is 3. The molecule has 1 aliphatic heterocycles. The molecular weight excluding hydrogens is 284 g/mol. The minimum absolute atomic E-state index is 0.00905. The van der Waals surface area contributed by atoms with E-state index in [1.54, 1.807) is 6.92 Å². The Labute approximate surface area is 121 Å². The molecular formula is C12H17ClN4O3. The van der Waals surface area contributed by atoms with E-state index in [2.05, 4.69) is 15.3 Å². The van der Waals surface area contributed by atoms with Crippen LogP contribution in [0.15, 0.2) is 0 Å². The van der Waals surface area contributed by atoms with Gasteiger partial charge in [-0.3, -0.25) is 10.1 Å². The molecule has 1 unspecified atom stereocenters. The van der Waals surface area contributed by atoms with Gasteiger partial charge >= 0.3 is 5.69 Å². The Hall–Kier alpha value is -1.47. The predicted octanol–water partition coefficient (Wildman–Crippen LogP) is 2.57. The van der Waals surface area contributed by atoms with Crippen molar-refractivity contribution in [2.24, 2.45) is 5.92 Å². The molecule has 0 aliphatic carbocycles. The van der Waals surface area contributed by atoms with E-state index in [-0.39, 0.29) is 28.5 Å². The van der Waals surface area contributed by atoms with E-state index >= 15 is 0 Å². The lowest BCUT2D eigenvalue weighted by Gasteiger charge is -2.28. The van der Waals surface area contributed by atoms with E-state index in [9.17, 15) is 10.1 Å². The van der Waals surface area contributed by atoms with Crippen molar-refractivity contribution in [1.82, 2.24) is 9.97 Å². The summed E-state index contributed by atoms with van der Waals surface area (Å²) in [5.74, 6) is 0.587. The van der Waals surface area contributed by atoms with Crippen LogP contribution >= 0.6 is 11.6 Å². The Morgan fingerprint density at radius 1 is 1.45 bits per heavy atom. The molecule has 0 saturated carbocycles. The Morgan fingerprint density at radius 3 is 2.70 bits per heavy atom. The molecule has 110 valence electrons. The van der Waals surface area contributed by atoms with Gasteiger partial charge in [-0.1, -0.05) is 0 Å². The van der Waals surface area contributed by atoms with E-state index in [0.717, 1.165) is 26.1 Å². The van der Waals surface area contributed by atoms with Gasteiger partial charge in [0.1, 0.15) is 5.69 Å². The van der Waals surface area contributed by atoms with Crippen LogP contribution in [0.25, 0.3) is 0 Å². The van der Waals surface area contributed by atoms with Crippen molar-refractivity contribution in [3.63, 3.8) is 0 Å². The van der Waals surface area contributed by atoms with Gasteiger partial charge < -0.3 is 10.1 Å². The number of aryl methyl sites for hydroxylation is 1. The maximum absolute atomic E-state index is 11.1. The van der Waals surface area contributed by atoms with Gasteiger partial charge in [-0.2, -0.15) is 4.98 Å². The molecule has 1 aromatic rings. The number of halogens is 1. The van der Waals surface area contributed by atoms with E-state index in [1.807, 2.05) is 6.92 Å². The minimum Gasteiger partial charge on any atom is -0.381 e. The zero-order chi connectivity index (χ0) is 14.7. The fourth-order valence-electron chi connectivity index (χ4n) is 2.40. The molecule has 1 saturated heterocycles. The summed E-state index contributed by atoms with van der Waals surface area (Å²) in [5.41, 5.74) is 0.144. The highest BCUT2D eigenvalue weighted by Crippen LogP contribution is 2.29. The molecule has 2 heterocycles. The van der Waals surface area contributed by atoms with Crippen molar-refractivity contribution in [3.05, 3.63) is 21.1 Å². The summed E-state index contributed by atoms with van der Waals surface area (Å²) in [7, 11) is 0. The average molecular weight is 301 g/mol. The Morgan fingerprint density at radius 2 is 2.10 bits per heavy atom. The van der Waals surface area contributed by atoms with E-state index in [0.29, 0.717) is 5.92 Å². The number of rotatable bonds is 4. The average Bonchev–Trinajstić information content (AvgIpc) is 2.38. The van der Waals surface area contributed by atoms with Gasteiger partial charge in [0.2, 0.25) is 11.1 Å². The van der Waals surface area contributed by atoms with Crippen LogP contribution in [0, 0.1) is 23.0 Å². The summed E-state index contributed by atoms with van der Waals surface area (Å²) in [4.78, 5) is 18.4. The fourth-order valence-corrected chi connectivity index (χ4v) is 2.61. The number of ether oxygens (including phenoxy) is 1. The van der Waals surface area contributed by atoms with Gasteiger partial charge in [-0.05, 0) is 44.2 Å². The maximum Gasteiger partial charge on any atom is 0.332 e. The lowest BCUT2D eigenvalue weighted by Crippen LogP contribution is -2.31. The van der Waals surface area contributed by atoms with E-state index < -0.39 is 4.92 Å². The number of nitrogens with one attached hydrogen (secondary N) is 1. The first-order chi connectivity index (χ1) is 9.49. The molecule has 0 amide bonds. The van der Waals surface area contributed by atoms with Crippen LogP contribution in [-0.4, -0.2) is 34.1 Å². The monoisotopic (exact) mass is 300 g/mol. The molecule has 0 bridgehead atoms. The zero-order valence-electron chi connectivity index (χ0n) is 11.4. The van der Waals surface area contributed by atoms with Crippen LogP contribution in [0.1, 0.15) is 25.5 Å². The third-order valence-electron chi connectivity index (χ3n) is 3.55. The summed E-state index contributed by atoms with van der Waals surface area (Å²) in [6.45, 7) is 4.99. The summed E-state index contributed by atoms with van der Waals surface area (Å²) < 4.78 is 5.32. The van der Waals surface area contributed by atoms with Crippen LogP contribution in [0.4, 0.5) is 11.5 Å². The summed E-state index contributed by atoms with van der Waals surface area (Å²) >= 11 is 5.79. The molecule has 1 atom stereocenters. The number of aromatic nitrogens is 2. The van der Waals surface area contributed by atoms with Gasteiger partial charge in [0.05, 0.1) is 4.92 Å². The lowest BCUT2D eigenvalue weighted by atomic mass is 9.93. The predicted molar refractivity (Wildman–Crippen MR) is 75.1 cm³/mol. The van der Waals surface area contributed by atoms with Crippen molar-refractivity contribution in [1.29, 1.82) is 0 Å². The van der Waals surface area contributed by atoms with Gasteiger partial charge in [0.25, 0.3) is 0 Å². The van der Waals surface area contributed by atoms with Crippen molar-refractivity contribution >= 4 is 23.1 Å². The molecule has 0 spiro atoms. The summed E-state index contributed by atoms with van der Waals surface area (Å²) in [6, 6.07) is 0.0583. The molecule has 8 heteroatoms. The van der Waals surface area contributed by atoms with E-state index in [1.165, 1.54) is 0 Å². The van der Waals surface area contributed by atoms with Crippen LogP contribution in [0.3, 0.4) is 0 Å². The highest BCUT2D eigenvalue weighted by Gasteiger charge is 2.26. The standard InChI is InChI=1S/C12H17ClN4O3/c1-7(9-3-5-20-6-4-9)14-11-10(17(18)19)8(2)15-12(13)16-11/h7,9H,3-6H2,1-2H3,(H,14,15,16). The second-order valence-corrected chi connectivity index (χ2v) is 5.25. The zero-order valence-corrected chi connectivity index (χ0v) is 12.2. The SMILES string of the molecule is Cc1nc(Cl)nc(NC(C)C2CCOCC2)c1[N+](=O)[O-]. The molecule has 2 rings (SSSR count). The third-order valence-corrected chi connectivity index (χ3v) is 3.72. The molecule has 0 radical (unpaired) electrons. The lowest BCUT2D eigenvalue weighted by molar-refractivity contribution is -0.385. The molecule has 1 aliphatic rings. The largest absolute Gasteiger partial charge is 0.381 e. The third kappa shape index (κ3) is 3.34. The van der Waals surface area contributed by atoms with Crippen LogP contribution in [0.2, 0.25) is 5.28 Å². The minimum atomic E-state index is -0.481. The van der Waals surface area contributed by atoms with Gasteiger partial charge in [0, 0.05) is 19.3 Å². The second-order valence-electron chi connectivity index (χ2n) is 4.92. The number of anilines is 1. The molecule has 20 heavy (non-hydrogen) atoms. The van der Waals surface area contributed by atoms with Crippen LogP contribution < -0.4 is 5.32 Å². The number of nitro groups is 1. The Bertz CT molecular complexity index is 506. The Balaban J connectivity index is 2.21. The topological polar surface area (TPSA) is 90.2 Å². The summed E-state index contributed by atoms with van der Waals surface area (Å²) in [6.07, 6.45) is 1.86. The molecule has 1 fully saturated rings. The second kappa shape index (κ2) is 6.32. The van der Waals surface area contributed by atoms with Gasteiger partial charge in [-0.15, -0.1) is 0 Å². The molecule has 0 aromatic carbocycles. The molecule has 1 aromatic heterocycles. The normalized spacial score (nSPS) is 17.8. The van der Waals surface area contributed by atoms with Crippen molar-refractivity contribution < 1.29 is 9.66 Å². The van der Waals surface area contributed by atoms with Crippen LogP contribution in [0.5, 0.6) is 0 Å². The quantitative estimate of drug-likeness (QED) is 0.522. The maximum atomic E-state index is 11.1. The smallest absolute Gasteiger partial charge is 0.332 e. The number of hydrogen-bond acceptors (Lipinski definition) is 6. The first-order valence-electron chi connectivity index (χ1n) is 6.52. The highest BCUT2D eigenvalue weighted by atomic mass is 35.5.